The normalized spacial score (nSPS) is 23.2. The maximum Gasteiger partial charge on any atom is 0.126 e. The third-order valence-electron chi connectivity index (χ3n) is 3.63. The van der Waals surface area contributed by atoms with E-state index in [2.05, 4.69) is 0 Å². The quantitative estimate of drug-likeness (QED) is 0.704. The number of hydrogen-bond donors (Lipinski definition) is 1. The maximum atomic E-state index is 6.36. The zero-order valence-electron chi connectivity index (χ0n) is 9.26. The van der Waals surface area contributed by atoms with E-state index in [1.807, 2.05) is 6.07 Å². The van der Waals surface area contributed by atoms with Gasteiger partial charge in [-0.3, -0.25) is 0 Å². The van der Waals surface area contributed by atoms with Gasteiger partial charge in [-0.2, -0.15) is 0 Å². The van der Waals surface area contributed by atoms with Gasteiger partial charge in [0.15, 0.2) is 0 Å². The van der Waals surface area contributed by atoms with Crippen molar-refractivity contribution in [2.75, 3.05) is 6.61 Å². The molecule has 1 aromatic carbocycles. The molecule has 0 unspecified atom stereocenters. The van der Waals surface area contributed by atoms with Crippen LogP contribution < -0.4 is 10.5 Å². The van der Waals surface area contributed by atoms with Gasteiger partial charge in [0.1, 0.15) is 5.75 Å². The van der Waals surface area contributed by atoms with Gasteiger partial charge in [-0.25, -0.2) is 0 Å². The van der Waals surface area contributed by atoms with Crippen molar-refractivity contribution in [2.24, 2.45) is 5.73 Å². The monoisotopic (exact) mass is 237 g/mol. The lowest BCUT2D eigenvalue weighted by Gasteiger charge is -2.17. The Morgan fingerprint density at radius 1 is 1.31 bits per heavy atom. The molecule has 1 aliphatic carbocycles. The number of hydrogen-bond acceptors (Lipinski definition) is 2. The van der Waals surface area contributed by atoms with Crippen LogP contribution in [-0.4, -0.2) is 6.61 Å². The van der Waals surface area contributed by atoms with E-state index in [-0.39, 0.29) is 6.04 Å². The molecule has 0 aromatic heterocycles. The lowest BCUT2D eigenvalue weighted by atomic mass is 9.95. The van der Waals surface area contributed by atoms with E-state index in [0.29, 0.717) is 0 Å². The van der Waals surface area contributed by atoms with Crippen LogP contribution in [0.1, 0.15) is 42.0 Å². The molecule has 0 amide bonds. The minimum atomic E-state index is 0.0829. The fourth-order valence-electron chi connectivity index (χ4n) is 2.84. The zero-order chi connectivity index (χ0) is 11.1. The summed E-state index contributed by atoms with van der Waals surface area (Å²) in [7, 11) is 0. The molecule has 0 radical (unpaired) electrons. The van der Waals surface area contributed by atoms with Gasteiger partial charge in [-0.05, 0) is 36.5 Å². The first-order chi connectivity index (χ1) is 7.77. The van der Waals surface area contributed by atoms with Gasteiger partial charge in [-0.1, -0.05) is 18.0 Å². The molecule has 2 nitrogen and oxygen atoms in total. The fourth-order valence-corrected chi connectivity index (χ4v) is 3.23. The molecule has 0 bridgehead atoms. The number of ether oxygens (including phenoxy) is 1. The van der Waals surface area contributed by atoms with E-state index >= 15 is 0 Å². The van der Waals surface area contributed by atoms with Crippen LogP contribution in [0.15, 0.2) is 6.07 Å². The van der Waals surface area contributed by atoms with Crippen LogP contribution in [0.3, 0.4) is 0 Å². The maximum absolute atomic E-state index is 6.36. The fraction of sp³-hybridized carbons (Fsp3) is 0.538. The highest BCUT2D eigenvalue weighted by Gasteiger charge is 2.26. The molecule has 3 rings (SSSR count). The second kappa shape index (κ2) is 3.94. The number of rotatable bonds is 0. The van der Waals surface area contributed by atoms with Crippen LogP contribution in [0.25, 0.3) is 0 Å². The van der Waals surface area contributed by atoms with E-state index in [4.69, 9.17) is 22.1 Å². The second-order valence-electron chi connectivity index (χ2n) is 4.69. The van der Waals surface area contributed by atoms with E-state index < -0.39 is 0 Å². The number of nitrogens with two attached hydrogens (primary N) is 1. The predicted octanol–water partition coefficient (Wildman–Crippen LogP) is 3.00. The van der Waals surface area contributed by atoms with Gasteiger partial charge in [0.2, 0.25) is 0 Å². The summed E-state index contributed by atoms with van der Waals surface area (Å²) in [6.45, 7) is 0.789. The number of fused-ring (bicyclic) bond motifs is 3. The van der Waals surface area contributed by atoms with Crippen LogP contribution >= 0.6 is 11.6 Å². The Kier molecular flexibility index (Phi) is 2.56. The highest BCUT2D eigenvalue weighted by molar-refractivity contribution is 6.31. The molecular formula is C13H16ClNO. The lowest BCUT2D eigenvalue weighted by Crippen LogP contribution is -2.11. The molecule has 2 aliphatic rings. The molecule has 16 heavy (non-hydrogen) atoms. The first-order valence-electron chi connectivity index (χ1n) is 6.00. The van der Waals surface area contributed by atoms with Crippen LogP contribution in [0.4, 0.5) is 0 Å². The Hall–Kier alpha value is -0.730. The summed E-state index contributed by atoms with van der Waals surface area (Å²) in [6.07, 6.45) is 5.45. The molecule has 2 N–H and O–H groups in total. The first kappa shape index (κ1) is 10.4. The summed E-state index contributed by atoms with van der Waals surface area (Å²) in [5.74, 6) is 1.08. The smallest absolute Gasteiger partial charge is 0.126 e. The van der Waals surface area contributed by atoms with Crippen molar-refractivity contribution in [3.63, 3.8) is 0 Å². The van der Waals surface area contributed by atoms with Gasteiger partial charge in [-0.15, -0.1) is 0 Å². The molecule has 0 fully saturated rings. The molecule has 3 heteroatoms. The summed E-state index contributed by atoms with van der Waals surface area (Å²) in [5.41, 5.74) is 9.88. The highest BCUT2D eigenvalue weighted by Crippen LogP contribution is 2.42. The third kappa shape index (κ3) is 1.52. The average Bonchev–Trinajstić information content (AvgIpc) is 2.62. The third-order valence-corrected chi connectivity index (χ3v) is 3.94. The van der Waals surface area contributed by atoms with E-state index in [9.17, 15) is 0 Å². The molecule has 1 atom stereocenters. The highest BCUT2D eigenvalue weighted by atomic mass is 35.5. The average molecular weight is 238 g/mol. The molecule has 86 valence electrons. The Labute approximate surface area is 101 Å². The van der Waals surface area contributed by atoms with Crippen LogP contribution in [0.2, 0.25) is 5.02 Å². The molecule has 1 aliphatic heterocycles. The van der Waals surface area contributed by atoms with Crippen molar-refractivity contribution < 1.29 is 4.74 Å². The standard InChI is InChI=1S/C13H16ClNO/c14-10-7-8-5-6-16-13(8)9-3-1-2-4-11(15)12(9)10/h7,11H,1-6,15H2/t11-/m0/s1. The van der Waals surface area contributed by atoms with Crippen molar-refractivity contribution in [1.82, 2.24) is 0 Å². The largest absolute Gasteiger partial charge is 0.493 e. The second-order valence-corrected chi connectivity index (χ2v) is 5.10. The number of benzene rings is 1. The Morgan fingerprint density at radius 2 is 2.19 bits per heavy atom. The van der Waals surface area contributed by atoms with Gasteiger partial charge in [0.05, 0.1) is 6.61 Å². The van der Waals surface area contributed by atoms with Crippen molar-refractivity contribution in [3.05, 3.63) is 27.8 Å². The topological polar surface area (TPSA) is 35.2 Å². The molecule has 1 heterocycles. The minimum Gasteiger partial charge on any atom is -0.493 e. The first-order valence-corrected chi connectivity index (χ1v) is 6.37. The van der Waals surface area contributed by atoms with Crippen molar-refractivity contribution in [1.29, 1.82) is 0 Å². The van der Waals surface area contributed by atoms with Crippen molar-refractivity contribution in [2.45, 2.75) is 38.1 Å². The van der Waals surface area contributed by atoms with Gasteiger partial charge in [0.25, 0.3) is 0 Å². The van der Waals surface area contributed by atoms with Gasteiger partial charge >= 0.3 is 0 Å². The van der Waals surface area contributed by atoms with E-state index in [0.717, 1.165) is 42.2 Å². The van der Waals surface area contributed by atoms with Gasteiger partial charge in [0, 0.05) is 23.0 Å². The van der Waals surface area contributed by atoms with Crippen molar-refractivity contribution >= 4 is 11.6 Å². The Balaban J connectivity index is 2.21. The molecule has 0 saturated carbocycles. The summed E-state index contributed by atoms with van der Waals surface area (Å²) >= 11 is 6.36. The number of halogens is 1. The summed E-state index contributed by atoms with van der Waals surface area (Å²) in [4.78, 5) is 0. The Morgan fingerprint density at radius 3 is 3.06 bits per heavy atom. The van der Waals surface area contributed by atoms with E-state index in [1.165, 1.54) is 24.0 Å². The van der Waals surface area contributed by atoms with Crippen molar-refractivity contribution in [3.8, 4) is 5.75 Å². The SMILES string of the molecule is N[C@H]1CCCCc2c3c(cc(Cl)c21)CCO3. The molecule has 1 aromatic rings. The summed E-state index contributed by atoms with van der Waals surface area (Å²) in [5, 5.41) is 0.841. The summed E-state index contributed by atoms with van der Waals surface area (Å²) < 4.78 is 5.74. The van der Waals surface area contributed by atoms with Crippen LogP contribution in [0, 0.1) is 0 Å². The van der Waals surface area contributed by atoms with Crippen LogP contribution in [0.5, 0.6) is 5.75 Å². The molecule has 0 saturated heterocycles. The predicted molar refractivity (Wildman–Crippen MR) is 65.1 cm³/mol. The van der Waals surface area contributed by atoms with Crippen LogP contribution in [-0.2, 0) is 12.8 Å². The molecular weight excluding hydrogens is 222 g/mol. The zero-order valence-corrected chi connectivity index (χ0v) is 10.0. The summed E-state index contributed by atoms with van der Waals surface area (Å²) in [6, 6.07) is 2.13. The lowest BCUT2D eigenvalue weighted by molar-refractivity contribution is 0.353. The van der Waals surface area contributed by atoms with Gasteiger partial charge < -0.3 is 10.5 Å². The molecule has 0 spiro atoms. The van der Waals surface area contributed by atoms with E-state index in [1.54, 1.807) is 0 Å². The Bertz CT molecular complexity index is 430. The minimum absolute atomic E-state index is 0.0829.